The fourth-order valence-electron chi connectivity index (χ4n) is 2.78. The number of hydrogen-bond acceptors (Lipinski definition) is 1. The van der Waals surface area contributed by atoms with Crippen LogP contribution in [0.4, 0.5) is 0 Å². The molecule has 18 heavy (non-hydrogen) atoms. The minimum absolute atomic E-state index is 0.0798. The number of carbonyl (C=O) groups is 1. The Hall–Kier alpha value is -0.960. The van der Waals surface area contributed by atoms with E-state index < -0.39 is 0 Å². The highest BCUT2D eigenvalue weighted by Crippen LogP contribution is 2.37. The molecule has 4 heteroatoms. The summed E-state index contributed by atoms with van der Waals surface area (Å²) in [7, 11) is 1.86. The number of carbonyl (C=O) groups excluding carboxylic acids is 1. The minimum atomic E-state index is -0.356. The van der Waals surface area contributed by atoms with Gasteiger partial charge in [0.2, 0.25) is 0 Å². The zero-order valence-electron chi connectivity index (χ0n) is 11.2. The van der Waals surface area contributed by atoms with Gasteiger partial charge in [0, 0.05) is 13.2 Å². The summed E-state index contributed by atoms with van der Waals surface area (Å²) in [6, 6.07) is 3.80. The van der Waals surface area contributed by atoms with E-state index in [1.54, 1.807) is 4.90 Å². The summed E-state index contributed by atoms with van der Waals surface area (Å²) in [4.78, 5) is 14.0. The first-order valence-corrected chi connectivity index (χ1v) is 7.23. The second kappa shape index (κ2) is 5.35. The van der Waals surface area contributed by atoms with Crippen molar-refractivity contribution >= 4 is 17.5 Å². The lowest BCUT2D eigenvalue weighted by molar-refractivity contribution is 0.0526. The molecule has 2 rings (SSSR count). The van der Waals surface area contributed by atoms with Crippen molar-refractivity contribution in [2.75, 3.05) is 12.9 Å². The number of nitrogens with zero attached hydrogens (tertiary/aromatic N) is 2. The molecule has 0 radical (unpaired) electrons. The fourth-order valence-corrected chi connectivity index (χ4v) is 3.23. The molecule has 2 heterocycles. The molecule has 1 aromatic rings. The number of unbranched alkanes of at least 4 members (excludes halogenated alkanes) is 3. The predicted molar refractivity (Wildman–Crippen MR) is 74.0 cm³/mol. The third kappa shape index (κ3) is 1.95. The third-order valence-electron chi connectivity index (χ3n) is 3.99. The second-order valence-corrected chi connectivity index (χ2v) is 5.32. The van der Waals surface area contributed by atoms with Gasteiger partial charge in [-0.15, -0.1) is 11.6 Å². The number of hydrogen-bond donors (Lipinski definition) is 0. The van der Waals surface area contributed by atoms with Crippen molar-refractivity contribution in [3.05, 3.63) is 24.0 Å². The monoisotopic (exact) mass is 268 g/mol. The Morgan fingerprint density at radius 1 is 1.33 bits per heavy atom. The number of alkyl halides is 1. The van der Waals surface area contributed by atoms with Gasteiger partial charge in [-0.05, 0) is 25.0 Å². The largest absolute Gasteiger partial charge is 0.319 e. The van der Waals surface area contributed by atoms with E-state index in [4.69, 9.17) is 11.6 Å². The SMILES string of the molecule is CCCCCCC1(CCl)N(C)C(=O)c2cccn21. The van der Waals surface area contributed by atoms with E-state index in [0.29, 0.717) is 5.88 Å². The standard InChI is InChI=1S/C14H21ClN2O/c1-3-4-5-6-9-14(11-15)16(2)13(18)12-8-7-10-17(12)14/h7-8,10H,3-6,9,11H2,1-2H3. The van der Waals surface area contributed by atoms with E-state index in [-0.39, 0.29) is 11.6 Å². The van der Waals surface area contributed by atoms with Crippen molar-refractivity contribution in [1.29, 1.82) is 0 Å². The van der Waals surface area contributed by atoms with Crippen molar-refractivity contribution < 1.29 is 4.79 Å². The maximum atomic E-state index is 12.2. The zero-order chi connectivity index (χ0) is 13.2. The van der Waals surface area contributed by atoms with Gasteiger partial charge in [-0.3, -0.25) is 4.79 Å². The van der Waals surface area contributed by atoms with E-state index in [2.05, 4.69) is 6.92 Å². The molecule has 1 aliphatic rings. The van der Waals surface area contributed by atoms with E-state index in [9.17, 15) is 4.79 Å². The van der Waals surface area contributed by atoms with Gasteiger partial charge in [0.05, 0.1) is 5.88 Å². The number of rotatable bonds is 6. The molecule has 1 amide bonds. The van der Waals surface area contributed by atoms with Gasteiger partial charge in [-0.1, -0.05) is 26.2 Å². The first kappa shape index (κ1) is 13.5. The van der Waals surface area contributed by atoms with Crippen molar-refractivity contribution in [2.24, 2.45) is 0 Å². The Balaban J connectivity index is 2.19. The van der Waals surface area contributed by atoms with Crippen LogP contribution in [0.15, 0.2) is 18.3 Å². The van der Waals surface area contributed by atoms with Crippen LogP contribution in [0.2, 0.25) is 0 Å². The highest BCUT2D eigenvalue weighted by atomic mass is 35.5. The van der Waals surface area contributed by atoms with E-state index in [1.165, 1.54) is 19.3 Å². The maximum absolute atomic E-state index is 12.2. The van der Waals surface area contributed by atoms with Gasteiger partial charge in [0.25, 0.3) is 5.91 Å². The summed E-state index contributed by atoms with van der Waals surface area (Å²) in [5, 5.41) is 0. The summed E-state index contributed by atoms with van der Waals surface area (Å²) >= 11 is 6.21. The quantitative estimate of drug-likeness (QED) is 0.573. The van der Waals surface area contributed by atoms with Crippen LogP contribution in [0, 0.1) is 0 Å². The lowest BCUT2D eigenvalue weighted by Gasteiger charge is -2.36. The second-order valence-electron chi connectivity index (χ2n) is 5.05. The van der Waals surface area contributed by atoms with Crippen LogP contribution in [0.3, 0.4) is 0 Å². The van der Waals surface area contributed by atoms with Gasteiger partial charge < -0.3 is 9.47 Å². The number of amides is 1. The van der Waals surface area contributed by atoms with Crippen LogP contribution < -0.4 is 0 Å². The molecule has 0 saturated heterocycles. The molecule has 0 saturated carbocycles. The first-order chi connectivity index (χ1) is 8.67. The van der Waals surface area contributed by atoms with Gasteiger partial charge in [-0.2, -0.15) is 0 Å². The number of aromatic nitrogens is 1. The molecule has 0 aliphatic carbocycles. The van der Waals surface area contributed by atoms with E-state index in [0.717, 1.165) is 18.5 Å². The summed E-state index contributed by atoms with van der Waals surface area (Å²) in [6.07, 6.45) is 7.68. The van der Waals surface area contributed by atoms with Crippen molar-refractivity contribution in [3.8, 4) is 0 Å². The molecule has 1 atom stereocenters. The smallest absolute Gasteiger partial charge is 0.272 e. The van der Waals surface area contributed by atoms with Crippen LogP contribution in [0.25, 0.3) is 0 Å². The molecule has 0 bridgehead atoms. The molecule has 0 spiro atoms. The highest BCUT2D eigenvalue weighted by molar-refractivity contribution is 6.18. The van der Waals surface area contributed by atoms with Crippen LogP contribution in [0.1, 0.15) is 49.5 Å². The number of halogens is 1. The number of fused-ring (bicyclic) bond motifs is 1. The van der Waals surface area contributed by atoms with Gasteiger partial charge in [0.15, 0.2) is 0 Å². The third-order valence-corrected chi connectivity index (χ3v) is 4.42. The van der Waals surface area contributed by atoms with Crippen molar-refractivity contribution in [2.45, 2.75) is 44.7 Å². The average molecular weight is 269 g/mol. The maximum Gasteiger partial charge on any atom is 0.272 e. The first-order valence-electron chi connectivity index (χ1n) is 6.69. The summed E-state index contributed by atoms with van der Waals surface area (Å²) < 4.78 is 2.05. The molecule has 1 unspecified atom stereocenters. The summed E-state index contributed by atoms with van der Waals surface area (Å²) in [5.74, 6) is 0.527. The Bertz CT molecular complexity index is 429. The van der Waals surface area contributed by atoms with E-state index >= 15 is 0 Å². The van der Waals surface area contributed by atoms with Crippen LogP contribution in [-0.4, -0.2) is 28.3 Å². The lowest BCUT2D eigenvalue weighted by Crippen LogP contribution is -2.46. The van der Waals surface area contributed by atoms with Gasteiger partial charge in [0.1, 0.15) is 11.4 Å². The lowest BCUT2D eigenvalue weighted by atomic mass is 10.0. The molecule has 100 valence electrons. The molecule has 0 aromatic carbocycles. The van der Waals surface area contributed by atoms with Crippen molar-refractivity contribution in [3.63, 3.8) is 0 Å². The molecule has 0 fully saturated rings. The normalized spacial score (nSPS) is 22.6. The predicted octanol–water partition coefficient (Wildman–Crippen LogP) is 3.44. The molecule has 1 aromatic heterocycles. The average Bonchev–Trinajstić information content (AvgIpc) is 2.93. The summed E-state index contributed by atoms with van der Waals surface area (Å²) in [6.45, 7) is 2.20. The van der Waals surface area contributed by atoms with Gasteiger partial charge in [-0.25, -0.2) is 0 Å². The topological polar surface area (TPSA) is 25.2 Å². The molecule has 0 N–H and O–H groups in total. The molecule has 3 nitrogen and oxygen atoms in total. The zero-order valence-corrected chi connectivity index (χ0v) is 11.9. The molecular weight excluding hydrogens is 248 g/mol. The molecular formula is C14H21ClN2O. The van der Waals surface area contributed by atoms with Crippen LogP contribution >= 0.6 is 11.6 Å². The Morgan fingerprint density at radius 2 is 2.11 bits per heavy atom. The van der Waals surface area contributed by atoms with Crippen LogP contribution in [0.5, 0.6) is 0 Å². The Kier molecular flexibility index (Phi) is 4.00. The highest BCUT2D eigenvalue weighted by Gasteiger charge is 2.45. The Morgan fingerprint density at radius 3 is 2.78 bits per heavy atom. The molecule has 1 aliphatic heterocycles. The van der Waals surface area contributed by atoms with E-state index in [1.807, 2.05) is 29.9 Å². The Labute approximate surface area is 114 Å². The fraction of sp³-hybridized carbons (Fsp3) is 0.643. The minimum Gasteiger partial charge on any atom is -0.319 e. The summed E-state index contributed by atoms with van der Waals surface area (Å²) in [5.41, 5.74) is 0.402. The van der Waals surface area contributed by atoms with Crippen LogP contribution in [-0.2, 0) is 5.66 Å². The van der Waals surface area contributed by atoms with Crippen molar-refractivity contribution in [1.82, 2.24) is 9.47 Å². The van der Waals surface area contributed by atoms with Gasteiger partial charge >= 0.3 is 0 Å².